The summed E-state index contributed by atoms with van der Waals surface area (Å²) in [5, 5.41) is 5.57. The normalized spacial score (nSPS) is 9.67. The van der Waals surface area contributed by atoms with Gasteiger partial charge in [-0.05, 0) is 59.0 Å². The Bertz CT molecular complexity index is 721. The number of rotatable bonds is 0. The van der Waals surface area contributed by atoms with Crippen molar-refractivity contribution in [2.45, 2.75) is 48.5 Å². The minimum atomic E-state index is 1.37. The molecule has 0 bridgehead atoms. The Kier molecular flexibility index (Phi) is 6.42. The molecule has 0 atom stereocenters. The van der Waals surface area contributed by atoms with Gasteiger partial charge < -0.3 is 0 Å². The Morgan fingerprint density at radius 3 is 1.57 bits per heavy atom. The van der Waals surface area contributed by atoms with Crippen LogP contribution in [0.3, 0.4) is 0 Å². The number of hydrogen-bond acceptors (Lipinski definition) is 0. The van der Waals surface area contributed by atoms with E-state index in [1.54, 1.807) is 0 Å². The summed E-state index contributed by atoms with van der Waals surface area (Å²) in [7, 11) is 0. The largest absolute Gasteiger partial charge is 0.0683 e. The predicted octanol–water partition coefficient (Wildman–Crippen LogP) is 6.97. The number of fused-ring (bicyclic) bond motifs is 2. The number of benzene rings is 3. The first-order valence-corrected chi connectivity index (χ1v) is 8.07. The highest BCUT2D eigenvalue weighted by Crippen LogP contribution is 2.33. The van der Waals surface area contributed by atoms with Crippen molar-refractivity contribution in [3.8, 4) is 0 Å². The zero-order valence-electron chi connectivity index (χ0n) is 14.5. The van der Waals surface area contributed by atoms with Crippen LogP contribution >= 0.6 is 0 Å². The molecule has 0 radical (unpaired) electrons. The summed E-state index contributed by atoms with van der Waals surface area (Å²) in [6.07, 6.45) is 0. The van der Waals surface area contributed by atoms with Crippen molar-refractivity contribution in [3.05, 3.63) is 59.2 Å². The van der Waals surface area contributed by atoms with Crippen LogP contribution in [0.15, 0.2) is 42.5 Å². The Hall–Kier alpha value is -1.82. The highest BCUT2D eigenvalue weighted by molar-refractivity contribution is 6.06. The molecule has 0 aliphatic rings. The molecular formula is C21H28. The van der Waals surface area contributed by atoms with E-state index in [4.69, 9.17) is 0 Å². The fraction of sp³-hybridized carbons (Fsp3) is 0.333. The molecule has 0 unspecified atom stereocenters. The standard InChI is InChI=1S/C17H16.2C2H6/c1-11-7-6-10-16-12(2)14-8-4-5-9-15(14)13(3)17(11)16;2*1-2/h4-10H,1-3H3;2*1-2H3. The summed E-state index contributed by atoms with van der Waals surface area (Å²) in [6.45, 7) is 14.7. The lowest BCUT2D eigenvalue weighted by atomic mass is 9.91. The van der Waals surface area contributed by atoms with Crippen LogP contribution in [0.25, 0.3) is 21.5 Å². The smallest absolute Gasteiger partial charge is 0.0116 e. The van der Waals surface area contributed by atoms with Gasteiger partial charge in [0.15, 0.2) is 0 Å². The molecule has 3 aromatic carbocycles. The van der Waals surface area contributed by atoms with Crippen molar-refractivity contribution in [2.75, 3.05) is 0 Å². The third kappa shape index (κ3) is 3.10. The molecule has 0 nitrogen and oxygen atoms in total. The number of hydrogen-bond donors (Lipinski definition) is 0. The summed E-state index contributed by atoms with van der Waals surface area (Å²) in [6, 6.07) is 15.3. The van der Waals surface area contributed by atoms with Crippen LogP contribution in [0.2, 0.25) is 0 Å². The zero-order chi connectivity index (χ0) is 16.0. The maximum Gasteiger partial charge on any atom is -0.0116 e. The van der Waals surface area contributed by atoms with Crippen molar-refractivity contribution in [2.24, 2.45) is 0 Å². The van der Waals surface area contributed by atoms with Crippen LogP contribution in [-0.4, -0.2) is 0 Å². The maximum absolute atomic E-state index is 2.23. The van der Waals surface area contributed by atoms with Gasteiger partial charge in [0, 0.05) is 0 Å². The van der Waals surface area contributed by atoms with Gasteiger partial charge in [-0.2, -0.15) is 0 Å². The summed E-state index contributed by atoms with van der Waals surface area (Å²) >= 11 is 0. The highest BCUT2D eigenvalue weighted by atomic mass is 14.1. The molecule has 3 aromatic rings. The Labute approximate surface area is 129 Å². The second-order valence-corrected chi connectivity index (χ2v) is 4.79. The summed E-state index contributed by atoms with van der Waals surface area (Å²) in [5.41, 5.74) is 4.16. The zero-order valence-corrected chi connectivity index (χ0v) is 14.5. The molecule has 0 fully saturated rings. The molecule has 0 spiro atoms. The van der Waals surface area contributed by atoms with Gasteiger partial charge in [-0.25, -0.2) is 0 Å². The number of aryl methyl sites for hydroxylation is 3. The third-order valence-corrected chi connectivity index (χ3v) is 3.79. The second-order valence-electron chi connectivity index (χ2n) is 4.79. The van der Waals surface area contributed by atoms with Gasteiger partial charge in [-0.3, -0.25) is 0 Å². The molecule has 0 amide bonds. The van der Waals surface area contributed by atoms with Crippen LogP contribution in [0.1, 0.15) is 44.4 Å². The molecule has 0 aliphatic carbocycles. The van der Waals surface area contributed by atoms with Crippen LogP contribution < -0.4 is 0 Å². The van der Waals surface area contributed by atoms with Crippen molar-refractivity contribution < 1.29 is 0 Å². The first-order chi connectivity index (χ1) is 10.2. The van der Waals surface area contributed by atoms with Gasteiger partial charge in [0.25, 0.3) is 0 Å². The van der Waals surface area contributed by atoms with Crippen molar-refractivity contribution in [1.29, 1.82) is 0 Å². The average molecular weight is 280 g/mol. The summed E-state index contributed by atoms with van der Waals surface area (Å²) < 4.78 is 0. The van der Waals surface area contributed by atoms with E-state index in [-0.39, 0.29) is 0 Å². The van der Waals surface area contributed by atoms with E-state index in [2.05, 4.69) is 63.2 Å². The lowest BCUT2D eigenvalue weighted by Crippen LogP contribution is -1.89. The minimum Gasteiger partial charge on any atom is -0.0683 e. The molecule has 112 valence electrons. The van der Waals surface area contributed by atoms with Crippen LogP contribution in [0.5, 0.6) is 0 Å². The Morgan fingerprint density at radius 2 is 1.00 bits per heavy atom. The first kappa shape index (κ1) is 17.2. The van der Waals surface area contributed by atoms with Crippen molar-refractivity contribution >= 4 is 21.5 Å². The molecule has 21 heavy (non-hydrogen) atoms. The van der Waals surface area contributed by atoms with E-state index in [0.29, 0.717) is 0 Å². The minimum absolute atomic E-state index is 1.37. The fourth-order valence-corrected chi connectivity index (χ4v) is 2.89. The van der Waals surface area contributed by atoms with Gasteiger partial charge >= 0.3 is 0 Å². The Balaban J connectivity index is 0.000000510. The molecule has 0 heteroatoms. The third-order valence-electron chi connectivity index (χ3n) is 3.79. The van der Waals surface area contributed by atoms with E-state index in [1.807, 2.05) is 27.7 Å². The molecule has 3 rings (SSSR count). The molecule has 0 heterocycles. The molecule has 0 aliphatic heterocycles. The van der Waals surface area contributed by atoms with Crippen molar-refractivity contribution in [1.82, 2.24) is 0 Å². The average Bonchev–Trinajstić information content (AvgIpc) is 2.56. The van der Waals surface area contributed by atoms with E-state index >= 15 is 0 Å². The lowest BCUT2D eigenvalue weighted by Gasteiger charge is -2.13. The van der Waals surface area contributed by atoms with Gasteiger partial charge in [-0.1, -0.05) is 70.2 Å². The lowest BCUT2D eigenvalue weighted by molar-refractivity contribution is 1.46. The molecule has 0 N–H and O–H groups in total. The molecule has 0 saturated carbocycles. The Morgan fingerprint density at radius 1 is 0.524 bits per heavy atom. The van der Waals surface area contributed by atoms with Crippen molar-refractivity contribution in [3.63, 3.8) is 0 Å². The molecule has 0 saturated heterocycles. The quantitative estimate of drug-likeness (QED) is 0.390. The molecule has 0 aromatic heterocycles. The van der Waals surface area contributed by atoms with Gasteiger partial charge in [0.2, 0.25) is 0 Å². The van der Waals surface area contributed by atoms with E-state index < -0.39 is 0 Å². The summed E-state index contributed by atoms with van der Waals surface area (Å²) in [5.74, 6) is 0. The van der Waals surface area contributed by atoms with E-state index in [1.165, 1.54) is 38.2 Å². The highest BCUT2D eigenvalue weighted by Gasteiger charge is 2.09. The van der Waals surface area contributed by atoms with E-state index in [9.17, 15) is 0 Å². The summed E-state index contributed by atoms with van der Waals surface area (Å²) in [4.78, 5) is 0. The second kappa shape index (κ2) is 7.83. The SMILES string of the molecule is CC.CC.Cc1c2ccccc2c(C)c2c(C)cccc12. The maximum atomic E-state index is 2.23. The van der Waals surface area contributed by atoms with Gasteiger partial charge in [0.1, 0.15) is 0 Å². The first-order valence-electron chi connectivity index (χ1n) is 8.07. The predicted molar refractivity (Wildman–Crippen MR) is 98.4 cm³/mol. The topological polar surface area (TPSA) is 0 Å². The van der Waals surface area contributed by atoms with Gasteiger partial charge in [-0.15, -0.1) is 0 Å². The monoisotopic (exact) mass is 280 g/mol. The van der Waals surface area contributed by atoms with Crippen LogP contribution in [0, 0.1) is 20.8 Å². The fourth-order valence-electron chi connectivity index (χ4n) is 2.89. The van der Waals surface area contributed by atoms with Gasteiger partial charge in [0.05, 0.1) is 0 Å². The van der Waals surface area contributed by atoms with Crippen LogP contribution in [0.4, 0.5) is 0 Å². The van der Waals surface area contributed by atoms with Crippen LogP contribution in [-0.2, 0) is 0 Å². The van der Waals surface area contributed by atoms with E-state index in [0.717, 1.165) is 0 Å². The molecular weight excluding hydrogens is 252 g/mol.